The van der Waals surface area contributed by atoms with Crippen LogP contribution in [0.15, 0.2) is 102 Å². The number of rotatable bonds is 4. The molecule has 30 heavy (non-hydrogen) atoms. The van der Waals surface area contributed by atoms with E-state index in [1.165, 1.54) is 78.9 Å². The van der Waals surface area contributed by atoms with Gasteiger partial charge in [0.25, 0.3) is 0 Å². The predicted octanol–water partition coefficient (Wildman–Crippen LogP) is 6.05. The van der Waals surface area contributed by atoms with Gasteiger partial charge in [-0.05, 0) is 60.7 Å². The molecule has 0 aliphatic carbocycles. The van der Waals surface area contributed by atoms with Crippen LogP contribution < -0.4 is 15.9 Å². The molecule has 0 bridgehead atoms. The maximum atomic E-state index is 14.3. The Hall–Kier alpha value is -3.17. The van der Waals surface area contributed by atoms with E-state index in [1.54, 1.807) is 18.2 Å². The first-order valence-corrected chi connectivity index (χ1v) is 10.9. The van der Waals surface area contributed by atoms with E-state index in [-0.39, 0.29) is 0 Å². The minimum absolute atomic E-state index is 0.419. The molecule has 0 aliphatic heterocycles. The molecule has 4 rings (SSSR count). The van der Waals surface area contributed by atoms with Crippen LogP contribution in [0.25, 0.3) is 0 Å². The Labute approximate surface area is 171 Å². The van der Waals surface area contributed by atoms with E-state index >= 15 is 0 Å². The number of halogens is 4. The monoisotopic (exact) mass is 425 g/mol. The van der Waals surface area contributed by atoms with E-state index in [2.05, 4.69) is 0 Å². The van der Waals surface area contributed by atoms with E-state index in [9.17, 15) is 17.6 Å². The number of nitrogens with zero attached hydrogens (tertiary/aromatic N) is 1. The summed E-state index contributed by atoms with van der Waals surface area (Å²) in [5, 5.41) is 1.47. The molecule has 6 heteroatoms. The quantitative estimate of drug-likeness (QED) is 0.279. The van der Waals surface area contributed by atoms with Crippen molar-refractivity contribution in [3.8, 4) is 0 Å². The van der Waals surface area contributed by atoms with Gasteiger partial charge in [0.1, 0.15) is 23.3 Å². The lowest BCUT2D eigenvalue weighted by Crippen LogP contribution is -2.26. The number of hydrogen-bond acceptors (Lipinski definition) is 1. The van der Waals surface area contributed by atoms with Crippen molar-refractivity contribution in [2.45, 2.75) is 0 Å². The van der Waals surface area contributed by atoms with Crippen molar-refractivity contribution >= 4 is 28.7 Å². The Morgan fingerprint density at radius 3 is 1.23 bits per heavy atom. The molecule has 1 nitrogen and oxygen atoms in total. The summed E-state index contributed by atoms with van der Waals surface area (Å²) < 4.78 is 61.1. The van der Waals surface area contributed by atoms with Gasteiger partial charge >= 0.3 is 0 Å². The lowest BCUT2D eigenvalue weighted by molar-refractivity contribution is 0.628. The summed E-state index contributed by atoms with van der Waals surface area (Å²) >= 11 is 0. The Morgan fingerprint density at radius 2 is 0.867 bits per heavy atom. The molecule has 150 valence electrons. The largest absolute Gasteiger partial charge is 0.254 e. The Balaban J connectivity index is 2.17. The van der Waals surface area contributed by atoms with Crippen LogP contribution in [0.3, 0.4) is 0 Å². The van der Waals surface area contributed by atoms with Crippen molar-refractivity contribution in [3.05, 3.63) is 120 Å². The lowest BCUT2D eigenvalue weighted by atomic mass is 10.3. The molecule has 0 aromatic heterocycles. The van der Waals surface area contributed by atoms with Gasteiger partial charge in [-0.3, -0.25) is 4.74 Å². The highest BCUT2D eigenvalue weighted by atomic mass is 31.2. The fourth-order valence-corrected chi connectivity index (χ4v) is 6.89. The van der Waals surface area contributed by atoms with E-state index in [0.717, 1.165) is 0 Å². The van der Waals surface area contributed by atoms with E-state index in [4.69, 9.17) is 4.74 Å². The van der Waals surface area contributed by atoms with Crippen LogP contribution in [0.1, 0.15) is 0 Å². The molecule has 0 atom stereocenters. The van der Waals surface area contributed by atoms with Crippen LogP contribution in [-0.4, -0.2) is 0 Å². The van der Waals surface area contributed by atoms with Gasteiger partial charge in [0, 0.05) is 15.9 Å². The van der Waals surface area contributed by atoms with Crippen molar-refractivity contribution in [1.29, 1.82) is 0 Å². The smallest absolute Gasteiger partial charge is 0.123 e. The predicted molar refractivity (Wildman–Crippen MR) is 114 cm³/mol. The van der Waals surface area contributed by atoms with Crippen molar-refractivity contribution in [2.24, 2.45) is 4.74 Å². The van der Waals surface area contributed by atoms with Gasteiger partial charge in [-0.2, -0.15) is 0 Å². The molecule has 4 aromatic carbocycles. The summed E-state index contributed by atoms with van der Waals surface area (Å²) in [7, 11) is -3.09. The highest BCUT2D eigenvalue weighted by Crippen LogP contribution is 2.49. The SMILES string of the molecule is Fc1ccc(N=P(c2cccc(F)c2)(c2cccc(F)c2)c2cccc(F)c2)cc1. The van der Waals surface area contributed by atoms with Crippen LogP contribution >= 0.6 is 7.05 Å². The summed E-state index contributed by atoms with van der Waals surface area (Å²) in [5.74, 6) is -1.89. The summed E-state index contributed by atoms with van der Waals surface area (Å²) in [5.41, 5.74) is 0.419. The second-order valence-corrected chi connectivity index (χ2v) is 9.67. The van der Waals surface area contributed by atoms with E-state index < -0.39 is 30.3 Å². The second-order valence-electron chi connectivity index (χ2n) is 6.65. The first-order valence-electron chi connectivity index (χ1n) is 9.14. The number of hydrogen-bond donors (Lipinski definition) is 0. The molecule has 0 spiro atoms. The van der Waals surface area contributed by atoms with E-state index in [1.807, 2.05) is 0 Å². The molecule has 0 N–H and O–H groups in total. The summed E-state index contributed by atoms with van der Waals surface area (Å²) in [4.78, 5) is 0. The Morgan fingerprint density at radius 1 is 0.467 bits per heavy atom. The maximum Gasteiger partial charge on any atom is 0.123 e. The zero-order valence-electron chi connectivity index (χ0n) is 15.6. The van der Waals surface area contributed by atoms with Gasteiger partial charge in [-0.15, -0.1) is 0 Å². The molecule has 4 aromatic rings. The normalized spacial score (nSPS) is 11.3. The summed E-state index contributed by atoms with van der Waals surface area (Å²) in [6.45, 7) is 0. The molecule has 0 saturated carbocycles. The van der Waals surface area contributed by atoms with Crippen LogP contribution in [0.4, 0.5) is 23.2 Å². The van der Waals surface area contributed by atoms with Crippen molar-refractivity contribution in [3.63, 3.8) is 0 Å². The highest BCUT2D eigenvalue weighted by molar-refractivity contribution is 7.87. The molecule has 0 aliphatic rings. The standard InChI is InChI=1S/C24H16F4NP/c25-17-10-12-21(13-11-17)29-30(22-7-1-4-18(26)14-22,23-8-2-5-19(27)15-23)24-9-3-6-20(28)16-24/h1-16H. The van der Waals surface area contributed by atoms with Crippen molar-refractivity contribution in [1.82, 2.24) is 0 Å². The van der Waals surface area contributed by atoms with Crippen molar-refractivity contribution < 1.29 is 17.6 Å². The van der Waals surface area contributed by atoms with Gasteiger partial charge in [-0.1, -0.05) is 36.4 Å². The van der Waals surface area contributed by atoms with Gasteiger partial charge in [0.05, 0.1) is 12.7 Å². The average molecular weight is 425 g/mol. The van der Waals surface area contributed by atoms with Gasteiger partial charge in [0.15, 0.2) is 0 Å². The lowest BCUT2D eigenvalue weighted by Gasteiger charge is -2.27. The van der Waals surface area contributed by atoms with Gasteiger partial charge < -0.3 is 0 Å². The molecule has 0 heterocycles. The minimum Gasteiger partial charge on any atom is -0.254 e. The van der Waals surface area contributed by atoms with Crippen LogP contribution in [0, 0.1) is 23.3 Å². The zero-order chi connectivity index (χ0) is 21.1. The molecule has 0 saturated heterocycles. The average Bonchev–Trinajstić information content (AvgIpc) is 2.73. The fourth-order valence-electron chi connectivity index (χ4n) is 3.33. The number of benzene rings is 4. The van der Waals surface area contributed by atoms with E-state index in [0.29, 0.717) is 21.6 Å². The minimum atomic E-state index is -3.09. The van der Waals surface area contributed by atoms with Crippen LogP contribution in [0.2, 0.25) is 0 Å². The third-order valence-corrected chi connectivity index (χ3v) is 8.25. The maximum absolute atomic E-state index is 14.3. The fraction of sp³-hybridized carbons (Fsp3) is 0. The van der Waals surface area contributed by atoms with Gasteiger partial charge in [0.2, 0.25) is 0 Å². The molecule has 0 unspecified atom stereocenters. The highest BCUT2D eigenvalue weighted by Gasteiger charge is 2.29. The van der Waals surface area contributed by atoms with Gasteiger partial charge in [-0.25, -0.2) is 17.6 Å². The summed E-state index contributed by atoms with van der Waals surface area (Å²) in [6, 6.07) is 23.1. The van der Waals surface area contributed by atoms with Crippen molar-refractivity contribution in [2.75, 3.05) is 0 Å². The zero-order valence-corrected chi connectivity index (χ0v) is 16.5. The first-order chi connectivity index (χ1) is 14.5. The molecule has 0 amide bonds. The second kappa shape index (κ2) is 8.29. The molecule has 0 radical (unpaired) electrons. The molecule has 0 fully saturated rings. The summed E-state index contributed by atoms with van der Waals surface area (Å²) in [6.07, 6.45) is 0. The topological polar surface area (TPSA) is 12.4 Å². The molecular weight excluding hydrogens is 409 g/mol. The Bertz CT molecular complexity index is 1130. The Kier molecular flexibility index (Phi) is 5.56. The third kappa shape index (κ3) is 3.94. The molecular formula is C24H16F4NP. The third-order valence-electron chi connectivity index (χ3n) is 4.64. The van der Waals surface area contributed by atoms with Crippen LogP contribution in [-0.2, 0) is 0 Å². The first kappa shape index (κ1) is 20.1. The van der Waals surface area contributed by atoms with Crippen LogP contribution in [0.5, 0.6) is 0 Å².